The quantitative estimate of drug-likeness (QED) is 0.833. The Morgan fingerprint density at radius 3 is 2.75 bits per heavy atom. The molecule has 0 saturated carbocycles. The molecule has 0 radical (unpaired) electrons. The molecule has 0 aliphatic carbocycles. The molecule has 0 saturated heterocycles. The molecule has 4 heteroatoms. The zero-order chi connectivity index (χ0) is 14.1. The van der Waals surface area contributed by atoms with Crippen LogP contribution in [-0.2, 0) is 17.8 Å². The molecule has 0 bridgehead atoms. The van der Waals surface area contributed by atoms with Gasteiger partial charge >= 0.3 is 0 Å². The zero-order valence-corrected chi connectivity index (χ0v) is 10.8. The largest absolute Gasteiger partial charge is 0.326 e. The van der Waals surface area contributed by atoms with Gasteiger partial charge in [0.05, 0.1) is 6.42 Å². The SMILES string of the molecule is NCc1cccc(C(=O)c2ccc3c(c2)CC(=O)N3)c1. The standard InChI is InChI=1S/C16H14N2O2/c17-9-10-2-1-3-11(6-10)16(20)12-4-5-14-13(7-12)8-15(19)18-14/h1-7H,8-9,17H2,(H,18,19). The Hall–Kier alpha value is -2.46. The summed E-state index contributed by atoms with van der Waals surface area (Å²) in [6.45, 7) is 0.406. The van der Waals surface area contributed by atoms with E-state index < -0.39 is 0 Å². The number of rotatable bonds is 3. The second-order valence-electron chi connectivity index (χ2n) is 4.83. The van der Waals surface area contributed by atoms with Crippen LogP contribution in [0.15, 0.2) is 42.5 Å². The van der Waals surface area contributed by atoms with Crippen LogP contribution < -0.4 is 11.1 Å². The summed E-state index contributed by atoms with van der Waals surface area (Å²) in [5.74, 6) is -0.0859. The van der Waals surface area contributed by atoms with E-state index in [-0.39, 0.29) is 11.7 Å². The summed E-state index contributed by atoms with van der Waals surface area (Å²) in [4.78, 5) is 23.8. The van der Waals surface area contributed by atoms with Gasteiger partial charge in [0.2, 0.25) is 5.91 Å². The van der Waals surface area contributed by atoms with E-state index in [1.807, 2.05) is 12.1 Å². The van der Waals surface area contributed by atoms with E-state index in [4.69, 9.17) is 5.73 Å². The van der Waals surface area contributed by atoms with Crippen molar-refractivity contribution in [3.8, 4) is 0 Å². The number of nitrogens with one attached hydrogen (secondary N) is 1. The number of hydrogen-bond acceptors (Lipinski definition) is 3. The fraction of sp³-hybridized carbons (Fsp3) is 0.125. The maximum atomic E-state index is 12.4. The van der Waals surface area contributed by atoms with Crippen molar-refractivity contribution < 1.29 is 9.59 Å². The molecule has 1 heterocycles. The molecule has 1 aliphatic rings. The van der Waals surface area contributed by atoms with Gasteiger partial charge in [-0.1, -0.05) is 18.2 Å². The van der Waals surface area contributed by atoms with Gasteiger partial charge in [-0.25, -0.2) is 0 Å². The highest BCUT2D eigenvalue weighted by Crippen LogP contribution is 2.25. The maximum Gasteiger partial charge on any atom is 0.228 e. The Kier molecular flexibility index (Phi) is 3.08. The molecule has 100 valence electrons. The second-order valence-corrected chi connectivity index (χ2v) is 4.83. The van der Waals surface area contributed by atoms with Crippen LogP contribution in [0.1, 0.15) is 27.0 Å². The summed E-state index contributed by atoms with van der Waals surface area (Å²) >= 11 is 0. The molecule has 4 nitrogen and oxygen atoms in total. The van der Waals surface area contributed by atoms with E-state index in [1.165, 1.54) is 0 Å². The van der Waals surface area contributed by atoms with Crippen molar-refractivity contribution >= 4 is 17.4 Å². The van der Waals surface area contributed by atoms with Crippen molar-refractivity contribution in [2.75, 3.05) is 5.32 Å². The molecule has 0 fully saturated rings. The zero-order valence-electron chi connectivity index (χ0n) is 10.8. The number of hydrogen-bond donors (Lipinski definition) is 2. The van der Waals surface area contributed by atoms with Gasteiger partial charge in [0.25, 0.3) is 0 Å². The van der Waals surface area contributed by atoms with Crippen LogP contribution in [0.3, 0.4) is 0 Å². The maximum absolute atomic E-state index is 12.4. The van der Waals surface area contributed by atoms with Crippen molar-refractivity contribution in [1.82, 2.24) is 0 Å². The lowest BCUT2D eigenvalue weighted by Gasteiger charge is -2.05. The van der Waals surface area contributed by atoms with Crippen LogP contribution in [-0.4, -0.2) is 11.7 Å². The van der Waals surface area contributed by atoms with Crippen LogP contribution in [0.4, 0.5) is 5.69 Å². The first-order valence-corrected chi connectivity index (χ1v) is 6.44. The molecule has 2 aromatic rings. The number of nitrogens with two attached hydrogens (primary N) is 1. The highest BCUT2D eigenvalue weighted by Gasteiger charge is 2.19. The van der Waals surface area contributed by atoms with E-state index in [0.717, 1.165) is 16.8 Å². The van der Waals surface area contributed by atoms with Gasteiger partial charge in [0.15, 0.2) is 5.78 Å². The molecule has 0 spiro atoms. The summed E-state index contributed by atoms with van der Waals surface area (Å²) in [5.41, 5.74) is 9.39. The molecule has 3 rings (SSSR count). The number of anilines is 1. The van der Waals surface area contributed by atoms with Crippen LogP contribution >= 0.6 is 0 Å². The molecule has 0 unspecified atom stereocenters. The van der Waals surface area contributed by atoms with Crippen LogP contribution in [0.2, 0.25) is 0 Å². The van der Waals surface area contributed by atoms with E-state index >= 15 is 0 Å². The molecular weight excluding hydrogens is 252 g/mol. The third-order valence-electron chi connectivity index (χ3n) is 3.42. The van der Waals surface area contributed by atoms with Gasteiger partial charge in [0, 0.05) is 23.4 Å². The average Bonchev–Trinajstić information content (AvgIpc) is 2.85. The highest BCUT2D eigenvalue weighted by atomic mass is 16.1. The van der Waals surface area contributed by atoms with E-state index in [1.54, 1.807) is 30.3 Å². The van der Waals surface area contributed by atoms with Crippen molar-refractivity contribution in [3.05, 3.63) is 64.7 Å². The van der Waals surface area contributed by atoms with Crippen LogP contribution in [0.5, 0.6) is 0 Å². The summed E-state index contributed by atoms with van der Waals surface area (Å²) in [6, 6.07) is 12.6. The van der Waals surface area contributed by atoms with Crippen molar-refractivity contribution in [1.29, 1.82) is 0 Å². The number of fused-ring (bicyclic) bond motifs is 1. The molecule has 1 aliphatic heterocycles. The molecule has 0 atom stereocenters. The number of amides is 1. The lowest BCUT2D eigenvalue weighted by atomic mass is 9.99. The Morgan fingerprint density at radius 1 is 1.15 bits per heavy atom. The minimum absolute atomic E-state index is 0.0327. The molecule has 2 aromatic carbocycles. The number of carbonyl (C=O) groups excluding carboxylic acids is 2. The fourth-order valence-electron chi connectivity index (χ4n) is 2.38. The smallest absolute Gasteiger partial charge is 0.228 e. The minimum atomic E-state index is -0.0533. The predicted octanol–water partition coefficient (Wildman–Crippen LogP) is 1.87. The first-order valence-electron chi connectivity index (χ1n) is 6.44. The first-order chi connectivity index (χ1) is 9.67. The molecule has 1 amide bonds. The summed E-state index contributed by atoms with van der Waals surface area (Å²) < 4.78 is 0. The fourth-order valence-corrected chi connectivity index (χ4v) is 2.38. The second kappa shape index (κ2) is 4.90. The van der Waals surface area contributed by atoms with E-state index in [2.05, 4.69) is 5.32 Å². The third-order valence-corrected chi connectivity index (χ3v) is 3.42. The third kappa shape index (κ3) is 2.21. The lowest BCUT2D eigenvalue weighted by molar-refractivity contribution is -0.115. The average molecular weight is 266 g/mol. The first kappa shape index (κ1) is 12.6. The van der Waals surface area contributed by atoms with E-state index in [0.29, 0.717) is 24.1 Å². The molecule has 20 heavy (non-hydrogen) atoms. The van der Waals surface area contributed by atoms with Crippen molar-refractivity contribution in [3.63, 3.8) is 0 Å². The van der Waals surface area contributed by atoms with Gasteiger partial charge < -0.3 is 11.1 Å². The van der Waals surface area contributed by atoms with E-state index in [9.17, 15) is 9.59 Å². The Morgan fingerprint density at radius 2 is 1.95 bits per heavy atom. The number of benzene rings is 2. The van der Waals surface area contributed by atoms with Crippen molar-refractivity contribution in [2.24, 2.45) is 5.73 Å². The monoisotopic (exact) mass is 266 g/mol. The summed E-state index contributed by atoms with van der Waals surface area (Å²) in [6.07, 6.45) is 0.333. The topological polar surface area (TPSA) is 72.2 Å². The lowest BCUT2D eigenvalue weighted by Crippen LogP contribution is -2.04. The van der Waals surface area contributed by atoms with Crippen LogP contribution in [0, 0.1) is 0 Å². The van der Waals surface area contributed by atoms with Gasteiger partial charge in [-0.05, 0) is 35.4 Å². The highest BCUT2D eigenvalue weighted by molar-refractivity contribution is 6.10. The molecule has 0 aromatic heterocycles. The van der Waals surface area contributed by atoms with Crippen molar-refractivity contribution in [2.45, 2.75) is 13.0 Å². The molecular formula is C16H14N2O2. The van der Waals surface area contributed by atoms with Gasteiger partial charge in [0.1, 0.15) is 0 Å². The van der Waals surface area contributed by atoms with Gasteiger partial charge in [-0.15, -0.1) is 0 Å². The predicted molar refractivity (Wildman–Crippen MR) is 76.5 cm³/mol. The van der Waals surface area contributed by atoms with Crippen LogP contribution in [0.25, 0.3) is 0 Å². The normalized spacial score (nSPS) is 12.9. The minimum Gasteiger partial charge on any atom is -0.326 e. The Bertz CT molecular complexity index is 707. The Labute approximate surface area is 116 Å². The Balaban J connectivity index is 1.95. The van der Waals surface area contributed by atoms with Gasteiger partial charge in [-0.3, -0.25) is 9.59 Å². The summed E-state index contributed by atoms with van der Waals surface area (Å²) in [5, 5.41) is 2.75. The van der Waals surface area contributed by atoms with Gasteiger partial charge in [-0.2, -0.15) is 0 Å². The summed E-state index contributed by atoms with van der Waals surface area (Å²) in [7, 11) is 0. The number of ketones is 1. The molecule has 3 N–H and O–H groups in total. The number of carbonyl (C=O) groups is 2.